The molecular formula is C14H16N6. The highest BCUT2D eigenvalue weighted by Gasteiger charge is 2.13. The van der Waals surface area contributed by atoms with Crippen LogP contribution >= 0.6 is 0 Å². The smallest absolute Gasteiger partial charge is 0.198 e. The third kappa shape index (κ3) is 2.00. The van der Waals surface area contributed by atoms with Gasteiger partial charge in [-0.25, -0.2) is 20.5 Å². The second-order valence-corrected chi connectivity index (χ2v) is 4.87. The lowest BCUT2D eigenvalue weighted by atomic mass is 10.2. The van der Waals surface area contributed by atoms with Crippen molar-refractivity contribution in [3.05, 3.63) is 41.2 Å². The van der Waals surface area contributed by atoms with Crippen LogP contribution in [0, 0.1) is 20.8 Å². The Balaban J connectivity index is 2.30. The Kier molecular flexibility index (Phi) is 2.87. The van der Waals surface area contributed by atoms with E-state index in [1.165, 1.54) is 0 Å². The number of nitrogens with zero attached hydrogens (tertiary/aromatic N) is 4. The van der Waals surface area contributed by atoms with Crippen molar-refractivity contribution in [2.45, 2.75) is 20.8 Å². The zero-order valence-corrected chi connectivity index (χ0v) is 11.7. The standard InChI is InChI=1S/C14H16N6/c1-8-4-5-11-12(6-8)17-14(13(16-11)18-15)20-10(3)7-9(2)19-20/h4-7H,15H2,1-3H3,(H,16,18). The van der Waals surface area contributed by atoms with Crippen LogP contribution in [0.15, 0.2) is 24.3 Å². The van der Waals surface area contributed by atoms with Crippen molar-refractivity contribution in [2.75, 3.05) is 5.43 Å². The zero-order valence-electron chi connectivity index (χ0n) is 11.7. The molecule has 0 aliphatic rings. The molecule has 3 aromatic rings. The minimum absolute atomic E-state index is 0.507. The number of aromatic nitrogens is 4. The molecule has 102 valence electrons. The van der Waals surface area contributed by atoms with Crippen molar-refractivity contribution in [1.29, 1.82) is 0 Å². The maximum Gasteiger partial charge on any atom is 0.198 e. The Bertz CT molecular complexity index is 790. The Morgan fingerprint density at radius 3 is 2.50 bits per heavy atom. The van der Waals surface area contributed by atoms with Crippen LogP contribution in [0.25, 0.3) is 16.9 Å². The summed E-state index contributed by atoms with van der Waals surface area (Å²) >= 11 is 0. The fraction of sp³-hybridized carbons (Fsp3) is 0.214. The number of hydrazine groups is 1. The topological polar surface area (TPSA) is 81.6 Å². The van der Waals surface area contributed by atoms with Gasteiger partial charge in [-0.1, -0.05) is 6.07 Å². The first-order chi connectivity index (χ1) is 9.58. The fourth-order valence-electron chi connectivity index (χ4n) is 2.24. The average molecular weight is 268 g/mol. The molecule has 3 rings (SSSR count). The fourth-order valence-corrected chi connectivity index (χ4v) is 2.24. The van der Waals surface area contributed by atoms with Gasteiger partial charge in [0, 0.05) is 5.69 Å². The van der Waals surface area contributed by atoms with Gasteiger partial charge >= 0.3 is 0 Å². The number of nitrogen functional groups attached to an aromatic ring is 1. The summed E-state index contributed by atoms with van der Waals surface area (Å²) in [7, 11) is 0. The van der Waals surface area contributed by atoms with Crippen molar-refractivity contribution < 1.29 is 0 Å². The lowest BCUT2D eigenvalue weighted by Crippen LogP contribution is -2.15. The summed E-state index contributed by atoms with van der Waals surface area (Å²) in [5.41, 5.74) is 7.28. The number of hydrogen-bond acceptors (Lipinski definition) is 5. The number of nitrogens with two attached hydrogens (primary N) is 1. The molecule has 0 radical (unpaired) electrons. The summed E-state index contributed by atoms with van der Waals surface area (Å²) in [5.74, 6) is 6.69. The number of hydrogen-bond donors (Lipinski definition) is 2. The van der Waals surface area contributed by atoms with Crippen LogP contribution in [0.4, 0.5) is 5.82 Å². The first-order valence-corrected chi connectivity index (χ1v) is 6.37. The van der Waals surface area contributed by atoms with Gasteiger partial charge in [-0.3, -0.25) is 0 Å². The largest absolute Gasteiger partial charge is 0.305 e. The summed E-state index contributed by atoms with van der Waals surface area (Å²) in [5, 5.41) is 4.44. The molecule has 6 nitrogen and oxygen atoms in total. The van der Waals surface area contributed by atoms with Gasteiger partial charge in [0.2, 0.25) is 0 Å². The molecule has 2 heterocycles. The second-order valence-electron chi connectivity index (χ2n) is 4.87. The van der Waals surface area contributed by atoms with E-state index in [-0.39, 0.29) is 0 Å². The minimum atomic E-state index is 0.507. The van der Waals surface area contributed by atoms with E-state index in [4.69, 9.17) is 5.84 Å². The van der Waals surface area contributed by atoms with Crippen LogP contribution in [0.5, 0.6) is 0 Å². The van der Waals surface area contributed by atoms with E-state index >= 15 is 0 Å². The number of benzene rings is 1. The van der Waals surface area contributed by atoms with Crippen molar-refractivity contribution in [3.63, 3.8) is 0 Å². The summed E-state index contributed by atoms with van der Waals surface area (Å²) in [6, 6.07) is 7.92. The molecule has 0 saturated carbocycles. The average Bonchev–Trinajstić information content (AvgIpc) is 2.76. The molecule has 0 fully saturated rings. The number of nitrogens with one attached hydrogen (secondary N) is 1. The predicted molar refractivity (Wildman–Crippen MR) is 78.7 cm³/mol. The lowest BCUT2D eigenvalue weighted by Gasteiger charge is -2.10. The Hall–Kier alpha value is -2.47. The van der Waals surface area contributed by atoms with Gasteiger partial charge in [0.1, 0.15) is 0 Å². The minimum Gasteiger partial charge on any atom is -0.305 e. The van der Waals surface area contributed by atoms with E-state index in [2.05, 4.69) is 20.5 Å². The van der Waals surface area contributed by atoms with Crippen LogP contribution in [0.2, 0.25) is 0 Å². The highest BCUT2D eigenvalue weighted by Crippen LogP contribution is 2.21. The van der Waals surface area contributed by atoms with Gasteiger partial charge < -0.3 is 5.43 Å². The summed E-state index contributed by atoms with van der Waals surface area (Å²) < 4.78 is 1.75. The molecule has 0 unspecified atom stereocenters. The summed E-state index contributed by atoms with van der Waals surface area (Å²) in [6.07, 6.45) is 0. The predicted octanol–water partition coefficient (Wildman–Crippen LogP) is 2.03. The molecule has 1 aromatic carbocycles. The maximum absolute atomic E-state index is 5.57. The van der Waals surface area contributed by atoms with Gasteiger partial charge in [-0.15, -0.1) is 0 Å². The Morgan fingerprint density at radius 1 is 1.05 bits per heavy atom. The summed E-state index contributed by atoms with van der Waals surface area (Å²) in [4.78, 5) is 9.15. The van der Waals surface area contributed by atoms with Crippen LogP contribution in [0.3, 0.4) is 0 Å². The highest BCUT2D eigenvalue weighted by molar-refractivity contribution is 5.78. The van der Waals surface area contributed by atoms with Gasteiger partial charge in [0.05, 0.1) is 16.7 Å². The van der Waals surface area contributed by atoms with E-state index < -0.39 is 0 Å². The quantitative estimate of drug-likeness (QED) is 0.549. The molecule has 3 N–H and O–H groups in total. The van der Waals surface area contributed by atoms with E-state index in [0.29, 0.717) is 11.6 Å². The van der Waals surface area contributed by atoms with Gasteiger partial charge in [-0.05, 0) is 44.5 Å². The second kappa shape index (κ2) is 4.57. The highest BCUT2D eigenvalue weighted by atomic mass is 15.4. The molecule has 0 aliphatic carbocycles. The van der Waals surface area contributed by atoms with E-state index in [1.54, 1.807) is 4.68 Å². The Labute approximate surface area is 116 Å². The maximum atomic E-state index is 5.57. The number of aryl methyl sites for hydroxylation is 3. The van der Waals surface area contributed by atoms with E-state index in [1.807, 2.05) is 45.0 Å². The van der Waals surface area contributed by atoms with Crippen molar-refractivity contribution in [2.24, 2.45) is 5.84 Å². The van der Waals surface area contributed by atoms with Crippen LogP contribution < -0.4 is 11.3 Å². The zero-order chi connectivity index (χ0) is 14.3. The summed E-state index contributed by atoms with van der Waals surface area (Å²) in [6.45, 7) is 5.94. The molecule has 0 spiro atoms. The Morgan fingerprint density at radius 2 is 1.85 bits per heavy atom. The van der Waals surface area contributed by atoms with E-state index in [9.17, 15) is 0 Å². The molecule has 0 amide bonds. The van der Waals surface area contributed by atoms with Gasteiger partial charge in [0.15, 0.2) is 11.6 Å². The first kappa shape index (κ1) is 12.6. The van der Waals surface area contributed by atoms with Crippen LogP contribution in [-0.2, 0) is 0 Å². The van der Waals surface area contributed by atoms with Crippen molar-refractivity contribution >= 4 is 16.9 Å². The number of fused-ring (bicyclic) bond motifs is 1. The molecule has 0 aliphatic heterocycles. The molecular weight excluding hydrogens is 252 g/mol. The third-order valence-electron chi connectivity index (χ3n) is 3.15. The van der Waals surface area contributed by atoms with Gasteiger partial charge in [-0.2, -0.15) is 5.10 Å². The van der Waals surface area contributed by atoms with Crippen molar-refractivity contribution in [1.82, 2.24) is 19.7 Å². The third-order valence-corrected chi connectivity index (χ3v) is 3.15. The number of rotatable bonds is 2. The lowest BCUT2D eigenvalue weighted by molar-refractivity contribution is 0.806. The normalized spacial score (nSPS) is 11.0. The molecule has 0 saturated heterocycles. The first-order valence-electron chi connectivity index (χ1n) is 6.37. The molecule has 0 atom stereocenters. The molecule has 20 heavy (non-hydrogen) atoms. The SMILES string of the molecule is Cc1ccc2nc(NN)c(-n3nc(C)cc3C)nc2c1. The molecule has 2 aromatic heterocycles. The van der Waals surface area contributed by atoms with Crippen LogP contribution in [-0.4, -0.2) is 19.7 Å². The number of anilines is 1. The van der Waals surface area contributed by atoms with Gasteiger partial charge in [0.25, 0.3) is 0 Å². The van der Waals surface area contributed by atoms with E-state index in [0.717, 1.165) is 28.0 Å². The molecule has 0 bridgehead atoms. The monoisotopic (exact) mass is 268 g/mol. The van der Waals surface area contributed by atoms with Crippen LogP contribution in [0.1, 0.15) is 17.0 Å². The van der Waals surface area contributed by atoms with Crippen molar-refractivity contribution in [3.8, 4) is 5.82 Å². The molecule has 6 heteroatoms.